The minimum atomic E-state index is -0.556. The zero-order valence-electron chi connectivity index (χ0n) is 13.5. The Labute approximate surface area is 150 Å². The molecule has 5 heteroatoms. The van der Waals surface area contributed by atoms with Crippen molar-refractivity contribution in [3.05, 3.63) is 57.0 Å². The average Bonchev–Trinajstić information content (AvgIpc) is 2.45. The molecule has 0 fully saturated rings. The van der Waals surface area contributed by atoms with Crippen LogP contribution in [0.4, 0.5) is 10.5 Å². The summed E-state index contributed by atoms with van der Waals surface area (Å²) in [5.74, 6) is 0.468. The van der Waals surface area contributed by atoms with E-state index >= 15 is 0 Å². The Morgan fingerprint density at radius 1 is 1.22 bits per heavy atom. The normalized spacial score (nSPS) is 11.2. The molecular weight excluding hydrogens is 378 g/mol. The van der Waals surface area contributed by atoms with Crippen LogP contribution in [0.25, 0.3) is 0 Å². The number of nitrogens with one attached hydrogen (secondary N) is 1. The molecule has 122 valence electrons. The van der Waals surface area contributed by atoms with Gasteiger partial charge in [0.2, 0.25) is 0 Å². The van der Waals surface area contributed by atoms with Crippen LogP contribution in [0.15, 0.2) is 40.9 Å². The molecule has 0 spiro atoms. The number of carbonyl (C=O) groups excluding carboxylic acids is 1. The minimum absolute atomic E-state index is 0.0290. The molecule has 1 amide bonds. The van der Waals surface area contributed by atoms with Crippen molar-refractivity contribution in [2.75, 3.05) is 5.32 Å². The Morgan fingerprint density at radius 3 is 2.52 bits per heavy atom. The lowest BCUT2D eigenvalue weighted by molar-refractivity contribution is 0.215. The number of rotatable bonds is 2. The lowest BCUT2D eigenvalue weighted by atomic mass is 9.87. The van der Waals surface area contributed by atoms with Gasteiger partial charge in [-0.25, -0.2) is 4.79 Å². The largest absolute Gasteiger partial charge is 0.417 e. The first-order valence-corrected chi connectivity index (χ1v) is 8.39. The van der Waals surface area contributed by atoms with Crippen molar-refractivity contribution in [2.45, 2.75) is 33.1 Å². The zero-order valence-corrected chi connectivity index (χ0v) is 15.9. The summed E-state index contributed by atoms with van der Waals surface area (Å²) in [4.78, 5) is 12.1. The number of hydrogen-bond acceptors (Lipinski definition) is 2. The van der Waals surface area contributed by atoms with E-state index in [1.165, 1.54) is 0 Å². The Morgan fingerprint density at radius 2 is 1.91 bits per heavy atom. The predicted octanol–water partition coefficient (Wildman–Crippen LogP) is 6.32. The van der Waals surface area contributed by atoms with Crippen LogP contribution in [0.2, 0.25) is 5.02 Å². The molecule has 0 saturated carbocycles. The minimum Gasteiger partial charge on any atom is -0.409 e. The molecule has 2 aromatic carbocycles. The molecule has 3 nitrogen and oxygen atoms in total. The number of anilines is 1. The van der Waals surface area contributed by atoms with Gasteiger partial charge in [-0.05, 0) is 63.7 Å². The summed E-state index contributed by atoms with van der Waals surface area (Å²) in [6.45, 7) is 8.23. The summed E-state index contributed by atoms with van der Waals surface area (Å²) in [7, 11) is 0. The molecule has 0 aliphatic carbocycles. The Bertz CT molecular complexity index is 738. The van der Waals surface area contributed by atoms with E-state index in [-0.39, 0.29) is 5.41 Å². The van der Waals surface area contributed by atoms with Crippen LogP contribution in [0, 0.1) is 6.92 Å². The number of hydrogen-bond donors (Lipinski definition) is 1. The summed E-state index contributed by atoms with van der Waals surface area (Å²) in [6.07, 6.45) is -0.556. The molecule has 0 atom stereocenters. The fourth-order valence-electron chi connectivity index (χ4n) is 2.03. The van der Waals surface area contributed by atoms with Gasteiger partial charge in [0, 0.05) is 10.7 Å². The number of benzene rings is 2. The van der Waals surface area contributed by atoms with Gasteiger partial charge in [0.1, 0.15) is 5.75 Å². The number of halogens is 2. The third-order valence-electron chi connectivity index (χ3n) is 3.50. The highest BCUT2D eigenvalue weighted by atomic mass is 79.9. The molecule has 2 aromatic rings. The maximum Gasteiger partial charge on any atom is 0.417 e. The van der Waals surface area contributed by atoms with Gasteiger partial charge in [-0.1, -0.05) is 44.5 Å². The SMILES string of the molecule is Cc1c(Cl)cccc1NC(=O)Oc1ccc(C(C)(C)C)cc1Br. The van der Waals surface area contributed by atoms with Gasteiger partial charge in [-0.2, -0.15) is 0 Å². The van der Waals surface area contributed by atoms with Crippen molar-refractivity contribution in [1.82, 2.24) is 0 Å². The lowest BCUT2D eigenvalue weighted by Crippen LogP contribution is -2.18. The highest BCUT2D eigenvalue weighted by Gasteiger charge is 2.16. The third kappa shape index (κ3) is 4.49. The van der Waals surface area contributed by atoms with Gasteiger partial charge in [0.05, 0.1) is 4.47 Å². The number of carbonyl (C=O) groups is 1. The summed E-state index contributed by atoms with van der Waals surface area (Å²) in [5.41, 5.74) is 2.61. The molecule has 0 aliphatic rings. The van der Waals surface area contributed by atoms with E-state index in [4.69, 9.17) is 16.3 Å². The van der Waals surface area contributed by atoms with Crippen molar-refractivity contribution in [3.8, 4) is 5.75 Å². The molecule has 23 heavy (non-hydrogen) atoms. The maximum absolute atomic E-state index is 12.1. The van der Waals surface area contributed by atoms with Crippen molar-refractivity contribution < 1.29 is 9.53 Å². The topological polar surface area (TPSA) is 38.3 Å². The molecule has 1 N–H and O–H groups in total. The molecular formula is C18H19BrClNO2. The van der Waals surface area contributed by atoms with Gasteiger partial charge < -0.3 is 4.74 Å². The Balaban J connectivity index is 2.13. The lowest BCUT2D eigenvalue weighted by Gasteiger charge is -2.20. The average molecular weight is 397 g/mol. The monoisotopic (exact) mass is 395 g/mol. The van der Waals surface area contributed by atoms with Crippen molar-refractivity contribution in [3.63, 3.8) is 0 Å². The quantitative estimate of drug-likeness (QED) is 0.645. The molecule has 0 radical (unpaired) electrons. The van der Waals surface area contributed by atoms with Crippen LogP contribution in [0.3, 0.4) is 0 Å². The van der Waals surface area contributed by atoms with E-state index in [1.807, 2.05) is 19.1 Å². The van der Waals surface area contributed by atoms with Crippen molar-refractivity contribution in [1.29, 1.82) is 0 Å². The predicted molar refractivity (Wildman–Crippen MR) is 98.7 cm³/mol. The smallest absolute Gasteiger partial charge is 0.409 e. The van der Waals surface area contributed by atoms with Crippen LogP contribution in [0.1, 0.15) is 31.9 Å². The molecule has 0 unspecified atom stereocenters. The number of ether oxygens (including phenoxy) is 1. The van der Waals surface area contributed by atoms with E-state index in [0.29, 0.717) is 16.5 Å². The van der Waals surface area contributed by atoms with Gasteiger partial charge >= 0.3 is 6.09 Å². The second kappa shape index (κ2) is 6.93. The van der Waals surface area contributed by atoms with E-state index in [9.17, 15) is 4.79 Å². The zero-order chi connectivity index (χ0) is 17.2. The second-order valence-corrected chi connectivity index (χ2v) is 7.58. The van der Waals surface area contributed by atoms with Crippen molar-refractivity contribution >= 4 is 39.3 Å². The van der Waals surface area contributed by atoms with Crippen LogP contribution in [0.5, 0.6) is 5.75 Å². The molecule has 2 rings (SSSR count). The molecule has 0 aliphatic heterocycles. The summed E-state index contributed by atoms with van der Waals surface area (Å²) in [5, 5.41) is 3.30. The van der Waals surface area contributed by atoms with E-state index in [2.05, 4.69) is 42.0 Å². The molecule has 0 saturated heterocycles. The van der Waals surface area contributed by atoms with E-state index < -0.39 is 6.09 Å². The van der Waals surface area contributed by atoms with E-state index in [0.717, 1.165) is 15.6 Å². The second-order valence-electron chi connectivity index (χ2n) is 6.32. The van der Waals surface area contributed by atoms with Crippen LogP contribution in [-0.2, 0) is 5.41 Å². The first-order chi connectivity index (χ1) is 10.7. The Hall–Kier alpha value is -1.52. The molecule has 0 bridgehead atoms. The highest BCUT2D eigenvalue weighted by molar-refractivity contribution is 9.10. The van der Waals surface area contributed by atoms with Gasteiger partial charge in [-0.3, -0.25) is 5.32 Å². The fourth-order valence-corrected chi connectivity index (χ4v) is 2.66. The van der Waals surface area contributed by atoms with E-state index in [1.54, 1.807) is 24.3 Å². The van der Waals surface area contributed by atoms with Gasteiger partial charge in [0.15, 0.2) is 0 Å². The summed E-state index contributed by atoms with van der Waals surface area (Å²) >= 11 is 9.50. The first kappa shape index (κ1) is 17.8. The third-order valence-corrected chi connectivity index (χ3v) is 4.53. The first-order valence-electron chi connectivity index (χ1n) is 7.22. The molecule has 0 heterocycles. The maximum atomic E-state index is 12.1. The van der Waals surface area contributed by atoms with Gasteiger partial charge in [0.25, 0.3) is 0 Å². The Kier molecular flexibility index (Phi) is 5.37. The standard InChI is InChI=1S/C18H19BrClNO2/c1-11-14(20)6-5-7-15(11)21-17(22)23-16-9-8-12(10-13(16)19)18(2,3)4/h5-10H,1-4H3,(H,21,22). The number of amides is 1. The summed E-state index contributed by atoms with van der Waals surface area (Å²) < 4.78 is 6.11. The van der Waals surface area contributed by atoms with Gasteiger partial charge in [-0.15, -0.1) is 0 Å². The molecule has 0 aromatic heterocycles. The van der Waals surface area contributed by atoms with Crippen LogP contribution >= 0.6 is 27.5 Å². The van der Waals surface area contributed by atoms with Crippen molar-refractivity contribution in [2.24, 2.45) is 0 Å². The van der Waals surface area contributed by atoms with Crippen LogP contribution in [-0.4, -0.2) is 6.09 Å². The summed E-state index contributed by atoms with van der Waals surface area (Å²) in [6, 6.07) is 11.0. The van der Waals surface area contributed by atoms with Crippen LogP contribution < -0.4 is 10.1 Å². The highest BCUT2D eigenvalue weighted by Crippen LogP contribution is 2.32. The fraction of sp³-hybridized carbons (Fsp3) is 0.278.